The number of hydrogen-bond donors (Lipinski definition) is 2. The van der Waals surface area contributed by atoms with Crippen LogP contribution < -0.4 is 20.5 Å². The van der Waals surface area contributed by atoms with Gasteiger partial charge in [-0.25, -0.2) is 4.79 Å². The summed E-state index contributed by atoms with van der Waals surface area (Å²) in [5, 5.41) is 3.00. The Hall–Kier alpha value is -2.93. The summed E-state index contributed by atoms with van der Waals surface area (Å²) >= 11 is 5.77. The number of nitrogens with two attached hydrogens (primary N) is 1. The van der Waals surface area contributed by atoms with Crippen molar-refractivity contribution in [3.8, 4) is 11.5 Å². The van der Waals surface area contributed by atoms with Crippen molar-refractivity contribution in [3.05, 3.63) is 53.1 Å². The molecule has 0 saturated heterocycles. The van der Waals surface area contributed by atoms with Gasteiger partial charge in [0.2, 0.25) is 0 Å². The molecule has 0 heterocycles. The molecule has 0 aliphatic heterocycles. The number of carbonyl (C=O) groups excluding carboxylic acids is 2. The maximum atomic E-state index is 11.9. The van der Waals surface area contributed by atoms with Crippen LogP contribution >= 0.6 is 11.6 Å². The number of nitrogens with one attached hydrogen (secondary N) is 1. The fraction of sp³-hybridized carbons (Fsp3) is 0.222. The molecule has 26 heavy (non-hydrogen) atoms. The summed E-state index contributed by atoms with van der Waals surface area (Å²) in [6, 6.07) is 11.6. The predicted octanol–water partition coefficient (Wildman–Crippen LogP) is 2.28. The van der Waals surface area contributed by atoms with Gasteiger partial charge in [-0.15, -0.1) is 0 Å². The highest BCUT2D eigenvalue weighted by atomic mass is 35.5. The second kappa shape index (κ2) is 9.53. The van der Waals surface area contributed by atoms with Gasteiger partial charge in [-0.2, -0.15) is 0 Å². The fourth-order valence-corrected chi connectivity index (χ4v) is 2.25. The highest BCUT2D eigenvalue weighted by Crippen LogP contribution is 2.25. The van der Waals surface area contributed by atoms with Crippen LogP contribution in [0.3, 0.4) is 0 Å². The van der Waals surface area contributed by atoms with Crippen LogP contribution in [0.1, 0.15) is 10.4 Å². The molecule has 2 aromatic carbocycles. The number of anilines is 1. The van der Waals surface area contributed by atoms with E-state index in [4.69, 9.17) is 31.5 Å². The first kappa shape index (κ1) is 19.4. The number of para-hydroxylation sites is 2. The maximum absolute atomic E-state index is 11.9. The van der Waals surface area contributed by atoms with Gasteiger partial charge in [-0.05, 0) is 30.3 Å². The molecule has 0 spiro atoms. The van der Waals surface area contributed by atoms with Crippen LogP contribution in [0.25, 0.3) is 0 Å². The second-order valence-corrected chi connectivity index (χ2v) is 5.59. The lowest BCUT2D eigenvalue weighted by Gasteiger charge is -2.11. The lowest BCUT2D eigenvalue weighted by atomic mass is 10.2. The standard InChI is InChI=1S/C18H19ClN2O5/c1-24-15-4-2-3-5-16(15)25-9-8-21-17(22)11-26-18(23)13-7-6-12(19)10-14(13)20/h2-7,10H,8-9,11,20H2,1H3,(H,21,22). The molecule has 0 unspecified atom stereocenters. The van der Waals surface area contributed by atoms with Crippen molar-refractivity contribution < 1.29 is 23.8 Å². The summed E-state index contributed by atoms with van der Waals surface area (Å²) in [4.78, 5) is 23.6. The van der Waals surface area contributed by atoms with Crippen LogP contribution in [-0.4, -0.2) is 38.7 Å². The Morgan fingerprint density at radius 2 is 1.88 bits per heavy atom. The highest BCUT2D eigenvalue weighted by molar-refractivity contribution is 6.31. The number of amides is 1. The third-order valence-corrected chi connectivity index (χ3v) is 3.55. The minimum Gasteiger partial charge on any atom is -0.493 e. The van der Waals surface area contributed by atoms with E-state index in [1.165, 1.54) is 18.2 Å². The van der Waals surface area contributed by atoms with E-state index >= 15 is 0 Å². The van der Waals surface area contributed by atoms with Gasteiger partial charge in [0.05, 0.1) is 19.2 Å². The van der Waals surface area contributed by atoms with Gasteiger partial charge in [-0.3, -0.25) is 4.79 Å². The van der Waals surface area contributed by atoms with Crippen molar-refractivity contribution in [1.82, 2.24) is 5.32 Å². The molecule has 138 valence electrons. The Morgan fingerprint density at radius 3 is 2.58 bits per heavy atom. The van der Waals surface area contributed by atoms with E-state index in [9.17, 15) is 9.59 Å². The SMILES string of the molecule is COc1ccccc1OCCNC(=O)COC(=O)c1ccc(Cl)cc1N. The molecule has 0 aliphatic rings. The third-order valence-electron chi connectivity index (χ3n) is 3.32. The van der Waals surface area contributed by atoms with E-state index in [2.05, 4.69) is 5.32 Å². The van der Waals surface area contributed by atoms with Gasteiger partial charge in [0.1, 0.15) is 6.61 Å². The van der Waals surface area contributed by atoms with Crippen LogP contribution in [0.2, 0.25) is 5.02 Å². The van der Waals surface area contributed by atoms with Crippen molar-refractivity contribution in [1.29, 1.82) is 0 Å². The van der Waals surface area contributed by atoms with Crippen LogP contribution in [-0.2, 0) is 9.53 Å². The van der Waals surface area contributed by atoms with Crippen molar-refractivity contribution >= 4 is 29.2 Å². The van der Waals surface area contributed by atoms with E-state index in [1.54, 1.807) is 19.2 Å². The number of hydrogen-bond acceptors (Lipinski definition) is 6. The highest BCUT2D eigenvalue weighted by Gasteiger charge is 2.13. The van der Waals surface area contributed by atoms with E-state index < -0.39 is 18.5 Å². The normalized spacial score (nSPS) is 10.1. The molecule has 3 N–H and O–H groups in total. The van der Waals surface area contributed by atoms with Crippen LogP contribution in [0.15, 0.2) is 42.5 Å². The molecule has 1 amide bonds. The molecule has 0 saturated carbocycles. The summed E-state index contributed by atoms with van der Waals surface area (Å²) in [6.45, 7) is 0.0667. The Morgan fingerprint density at radius 1 is 1.15 bits per heavy atom. The maximum Gasteiger partial charge on any atom is 0.340 e. The molecule has 0 atom stereocenters. The number of benzene rings is 2. The topological polar surface area (TPSA) is 99.9 Å². The van der Waals surface area contributed by atoms with Crippen molar-refractivity contribution in [2.75, 3.05) is 32.6 Å². The van der Waals surface area contributed by atoms with Gasteiger partial charge < -0.3 is 25.3 Å². The van der Waals surface area contributed by atoms with Crippen molar-refractivity contribution in [2.24, 2.45) is 0 Å². The molecule has 0 bridgehead atoms. The summed E-state index contributed by atoms with van der Waals surface area (Å²) in [5.41, 5.74) is 6.04. The molecule has 0 aromatic heterocycles. The first-order valence-corrected chi connectivity index (χ1v) is 8.13. The molecule has 8 heteroatoms. The molecule has 0 radical (unpaired) electrons. The average Bonchev–Trinajstić information content (AvgIpc) is 2.63. The number of esters is 1. The van der Waals surface area contributed by atoms with E-state index in [0.29, 0.717) is 16.5 Å². The second-order valence-electron chi connectivity index (χ2n) is 5.16. The van der Waals surface area contributed by atoms with Gasteiger partial charge >= 0.3 is 5.97 Å². The largest absolute Gasteiger partial charge is 0.493 e. The third kappa shape index (κ3) is 5.56. The van der Waals surface area contributed by atoms with Crippen LogP contribution in [0.4, 0.5) is 5.69 Å². The van der Waals surface area contributed by atoms with Gasteiger partial charge in [0.25, 0.3) is 5.91 Å². The Balaban J connectivity index is 1.71. The first-order chi connectivity index (χ1) is 12.5. The number of methoxy groups -OCH3 is 1. The Labute approximate surface area is 156 Å². The van der Waals surface area contributed by atoms with Gasteiger partial charge in [-0.1, -0.05) is 23.7 Å². The lowest BCUT2D eigenvalue weighted by molar-refractivity contribution is -0.124. The summed E-state index contributed by atoms with van der Waals surface area (Å²) < 4.78 is 15.6. The van der Waals surface area contributed by atoms with Crippen LogP contribution in [0.5, 0.6) is 11.5 Å². The Bertz CT molecular complexity index is 782. The van der Waals surface area contributed by atoms with E-state index in [1.807, 2.05) is 12.1 Å². The van der Waals surface area contributed by atoms with E-state index in [0.717, 1.165) is 0 Å². The number of ether oxygens (including phenoxy) is 3. The summed E-state index contributed by atoms with van der Waals surface area (Å²) in [6.07, 6.45) is 0. The monoisotopic (exact) mass is 378 g/mol. The number of carbonyl (C=O) groups is 2. The number of rotatable bonds is 8. The molecule has 2 aromatic rings. The Kier molecular flexibility index (Phi) is 7.11. The van der Waals surface area contributed by atoms with Crippen molar-refractivity contribution in [3.63, 3.8) is 0 Å². The summed E-state index contributed by atoms with van der Waals surface area (Å²) in [5.74, 6) is 0.0382. The lowest BCUT2D eigenvalue weighted by Crippen LogP contribution is -2.32. The number of nitrogen functional groups attached to an aromatic ring is 1. The molecular weight excluding hydrogens is 360 g/mol. The van der Waals surface area contributed by atoms with Gasteiger partial charge in [0, 0.05) is 10.7 Å². The summed E-state index contributed by atoms with van der Waals surface area (Å²) in [7, 11) is 1.55. The zero-order valence-electron chi connectivity index (χ0n) is 14.2. The molecular formula is C18H19ClN2O5. The number of halogens is 1. The zero-order chi connectivity index (χ0) is 18.9. The molecule has 0 fully saturated rings. The van der Waals surface area contributed by atoms with Crippen molar-refractivity contribution in [2.45, 2.75) is 0 Å². The van der Waals surface area contributed by atoms with E-state index in [-0.39, 0.29) is 24.4 Å². The first-order valence-electron chi connectivity index (χ1n) is 7.76. The molecule has 0 aliphatic carbocycles. The smallest absolute Gasteiger partial charge is 0.340 e. The average molecular weight is 379 g/mol. The van der Waals surface area contributed by atoms with Gasteiger partial charge in [0.15, 0.2) is 18.1 Å². The molecule has 2 rings (SSSR count). The quantitative estimate of drug-likeness (QED) is 0.415. The predicted molar refractivity (Wildman–Crippen MR) is 97.6 cm³/mol. The molecule has 7 nitrogen and oxygen atoms in total. The van der Waals surface area contributed by atoms with Crippen LogP contribution in [0, 0.1) is 0 Å². The fourth-order valence-electron chi connectivity index (χ4n) is 2.07. The zero-order valence-corrected chi connectivity index (χ0v) is 14.9. The minimum absolute atomic E-state index is 0.154. The minimum atomic E-state index is -0.695.